The molecule has 1 atom stereocenters. The molecule has 1 aliphatic rings. The van der Waals surface area contributed by atoms with Crippen molar-refractivity contribution in [3.8, 4) is 0 Å². The van der Waals surface area contributed by atoms with E-state index in [1.54, 1.807) is 20.8 Å². The van der Waals surface area contributed by atoms with Crippen molar-refractivity contribution in [2.45, 2.75) is 51.4 Å². The minimum Gasteiger partial charge on any atom is -0.467 e. The second-order valence-corrected chi connectivity index (χ2v) is 7.21. The number of rotatable bonds is 5. The first-order chi connectivity index (χ1) is 12.2. The maximum atomic E-state index is 12.6. The van der Waals surface area contributed by atoms with Crippen LogP contribution in [0.1, 0.15) is 39.2 Å². The molecule has 0 spiro atoms. The summed E-state index contributed by atoms with van der Waals surface area (Å²) < 4.78 is 15.9. The summed E-state index contributed by atoms with van der Waals surface area (Å²) in [5.41, 5.74) is -1.39. The molecule has 1 aliphatic heterocycles. The van der Waals surface area contributed by atoms with E-state index in [-0.39, 0.29) is 26.1 Å². The molecule has 1 aromatic carbocycles. The molecular formula is C19H25NO6. The Morgan fingerprint density at radius 1 is 1.19 bits per heavy atom. The van der Waals surface area contributed by atoms with Crippen LogP contribution in [0.25, 0.3) is 0 Å². The lowest BCUT2D eigenvalue weighted by Gasteiger charge is -2.35. The van der Waals surface area contributed by atoms with E-state index in [4.69, 9.17) is 14.2 Å². The number of ether oxygens (including phenoxy) is 3. The van der Waals surface area contributed by atoms with Crippen LogP contribution in [0.3, 0.4) is 0 Å². The Kier molecular flexibility index (Phi) is 6.02. The fourth-order valence-electron chi connectivity index (χ4n) is 2.85. The fraction of sp³-hybridized carbons (Fsp3) is 0.526. The molecule has 26 heavy (non-hydrogen) atoms. The van der Waals surface area contributed by atoms with Gasteiger partial charge in [-0.05, 0) is 32.8 Å². The smallest absolute Gasteiger partial charge is 0.418 e. The number of nitrogens with zero attached hydrogens (tertiary/aromatic N) is 1. The highest BCUT2D eigenvalue weighted by atomic mass is 16.6. The van der Waals surface area contributed by atoms with Crippen molar-refractivity contribution in [3.05, 3.63) is 35.9 Å². The number of benzene rings is 1. The van der Waals surface area contributed by atoms with Gasteiger partial charge in [0.1, 0.15) is 5.60 Å². The summed E-state index contributed by atoms with van der Waals surface area (Å²) in [5, 5.41) is 0. The minimum absolute atomic E-state index is 0.0447. The lowest BCUT2D eigenvalue weighted by molar-refractivity contribution is -0.161. The Hall–Kier alpha value is -2.41. The van der Waals surface area contributed by atoms with Crippen molar-refractivity contribution in [2.24, 2.45) is 0 Å². The van der Waals surface area contributed by atoms with Gasteiger partial charge in [0, 0.05) is 6.42 Å². The second-order valence-electron chi connectivity index (χ2n) is 7.21. The number of hydrogen-bond acceptors (Lipinski definition) is 6. The molecule has 1 aromatic rings. The molecule has 2 rings (SSSR count). The number of amides is 2. The van der Waals surface area contributed by atoms with Gasteiger partial charge in [-0.1, -0.05) is 30.3 Å². The maximum absolute atomic E-state index is 12.6. The molecule has 0 bridgehead atoms. The van der Waals surface area contributed by atoms with Crippen molar-refractivity contribution in [3.63, 3.8) is 0 Å². The van der Waals surface area contributed by atoms with E-state index in [2.05, 4.69) is 0 Å². The molecule has 7 nitrogen and oxygen atoms in total. The first-order valence-electron chi connectivity index (χ1n) is 8.46. The first kappa shape index (κ1) is 19.9. The van der Waals surface area contributed by atoms with E-state index < -0.39 is 29.1 Å². The Labute approximate surface area is 153 Å². The van der Waals surface area contributed by atoms with E-state index in [9.17, 15) is 14.4 Å². The third-order valence-corrected chi connectivity index (χ3v) is 4.02. The van der Waals surface area contributed by atoms with Crippen LogP contribution in [0.15, 0.2) is 30.3 Å². The van der Waals surface area contributed by atoms with Crippen LogP contribution < -0.4 is 0 Å². The molecule has 1 fully saturated rings. The highest BCUT2D eigenvalue weighted by molar-refractivity contribution is 6.02. The largest absolute Gasteiger partial charge is 0.467 e. The average Bonchev–Trinajstić information content (AvgIpc) is 2.91. The highest BCUT2D eigenvalue weighted by Crippen LogP contribution is 2.34. The predicted molar refractivity (Wildman–Crippen MR) is 93.2 cm³/mol. The van der Waals surface area contributed by atoms with E-state index in [1.807, 2.05) is 30.3 Å². The number of carbonyl (C=O) groups is 3. The van der Waals surface area contributed by atoms with Crippen LogP contribution in [0.2, 0.25) is 0 Å². The van der Waals surface area contributed by atoms with Gasteiger partial charge in [-0.3, -0.25) is 4.79 Å². The molecule has 7 heteroatoms. The molecule has 2 amide bonds. The van der Waals surface area contributed by atoms with Crippen molar-refractivity contribution >= 4 is 18.0 Å². The zero-order valence-electron chi connectivity index (χ0n) is 15.6. The normalized spacial score (nSPS) is 20.2. The zero-order chi connectivity index (χ0) is 19.4. The summed E-state index contributed by atoms with van der Waals surface area (Å²) in [6, 6.07) is 9.41. The highest BCUT2D eigenvalue weighted by Gasteiger charge is 2.56. The van der Waals surface area contributed by atoms with Crippen molar-refractivity contribution in [1.82, 2.24) is 4.90 Å². The number of imide groups is 1. The topological polar surface area (TPSA) is 82.1 Å². The first-order valence-corrected chi connectivity index (χ1v) is 8.46. The van der Waals surface area contributed by atoms with Crippen LogP contribution in [-0.4, -0.2) is 47.7 Å². The van der Waals surface area contributed by atoms with Gasteiger partial charge < -0.3 is 14.2 Å². The average molecular weight is 363 g/mol. The number of methoxy groups -OCH3 is 1. The monoisotopic (exact) mass is 363 g/mol. The summed E-state index contributed by atoms with van der Waals surface area (Å²) in [4.78, 5) is 38.2. The van der Waals surface area contributed by atoms with Gasteiger partial charge in [0.25, 0.3) is 0 Å². The third kappa shape index (κ3) is 4.40. The molecular weight excluding hydrogens is 338 g/mol. The molecule has 142 valence electrons. The molecule has 0 N–H and O–H groups in total. The van der Waals surface area contributed by atoms with Crippen LogP contribution in [-0.2, 0) is 30.4 Å². The molecule has 0 aliphatic carbocycles. The van der Waals surface area contributed by atoms with E-state index in [0.29, 0.717) is 0 Å². The molecule has 0 radical (unpaired) electrons. The van der Waals surface area contributed by atoms with Gasteiger partial charge in [0.05, 0.1) is 20.3 Å². The van der Waals surface area contributed by atoms with Gasteiger partial charge >= 0.3 is 12.1 Å². The van der Waals surface area contributed by atoms with Crippen LogP contribution in [0.5, 0.6) is 0 Å². The van der Waals surface area contributed by atoms with Gasteiger partial charge in [-0.2, -0.15) is 0 Å². The van der Waals surface area contributed by atoms with Crippen molar-refractivity contribution < 1.29 is 28.6 Å². The summed E-state index contributed by atoms with van der Waals surface area (Å²) in [5.74, 6) is -1.17. The van der Waals surface area contributed by atoms with Crippen molar-refractivity contribution in [2.75, 3.05) is 13.7 Å². The molecule has 1 saturated heterocycles. The summed E-state index contributed by atoms with van der Waals surface area (Å²) >= 11 is 0. The van der Waals surface area contributed by atoms with Crippen molar-refractivity contribution in [1.29, 1.82) is 0 Å². The number of carbonyl (C=O) groups excluding carboxylic acids is 3. The Bertz CT molecular complexity index is 666. The molecule has 0 saturated carbocycles. The standard InChI is InChI=1S/C19H25NO6/c1-18(2,3)26-17(23)20-15(21)10-11-19(20,16(22)24-4)13-25-12-14-8-6-5-7-9-14/h5-9H,10-13H2,1-4H3. The van der Waals surface area contributed by atoms with Gasteiger partial charge in [-0.15, -0.1) is 0 Å². The lowest BCUT2D eigenvalue weighted by Crippen LogP contribution is -2.58. The van der Waals surface area contributed by atoms with Gasteiger partial charge in [-0.25, -0.2) is 14.5 Å². The quantitative estimate of drug-likeness (QED) is 0.748. The Balaban J connectivity index is 2.21. The van der Waals surface area contributed by atoms with E-state index in [0.717, 1.165) is 10.5 Å². The van der Waals surface area contributed by atoms with E-state index in [1.165, 1.54) is 7.11 Å². The van der Waals surface area contributed by atoms with Gasteiger partial charge in [0.2, 0.25) is 5.91 Å². The Morgan fingerprint density at radius 2 is 1.85 bits per heavy atom. The number of likely N-dealkylation sites (tertiary alicyclic amines) is 1. The molecule has 1 unspecified atom stereocenters. The molecule has 1 heterocycles. The fourth-order valence-corrected chi connectivity index (χ4v) is 2.85. The summed E-state index contributed by atoms with van der Waals surface area (Å²) in [6.07, 6.45) is -0.691. The maximum Gasteiger partial charge on any atom is 0.418 e. The number of hydrogen-bond donors (Lipinski definition) is 0. The summed E-state index contributed by atoms with van der Waals surface area (Å²) in [6.45, 7) is 5.17. The van der Waals surface area contributed by atoms with Crippen LogP contribution in [0, 0.1) is 0 Å². The lowest BCUT2D eigenvalue weighted by atomic mass is 9.97. The third-order valence-electron chi connectivity index (χ3n) is 4.02. The zero-order valence-corrected chi connectivity index (χ0v) is 15.6. The second kappa shape index (κ2) is 7.86. The predicted octanol–water partition coefficient (Wildman–Crippen LogP) is 2.67. The summed E-state index contributed by atoms with van der Waals surface area (Å²) in [7, 11) is 1.22. The van der Waals surface area contributed by atoms with Crippen LogP contribution in [0.4, 0.5) is 4.79 Å². The Morgan fingerprint density at radius 3 is 2.42 bits per heavy atom. The van der Waals surface area contributed by atoms with E-state index >= 15 is 0 Å². The van der Waals surface area contributed by atoms with Crippen LogP contribution >= 0.6 is 0 Å². The van der Waals surface area contributed by atoms with Gasteiger partial charge in [0.15, 0.2) is 5.54 Å². The minimum atomic E-state index is -1.51. The number of esters is 1. The SMILES string of the molecule is COC(=O)C1(COCc2ccccc2)CCC(=O)N1C(=O)OC(C)(C)C. The molecule has 0 aromatic heterocycles.